The average Bonchev–Trinajstić information content (AvgIpc) is 2.14. The minimum atomic E-state index is 0.364. The summed E-state index contributed by atoms with van der Waals surface area (Å²) in [6.45, 7) is 6.95. The number of hydrogen-bond donors (Lipinski definition) is 0. The lowest BCUT2D eigenvalue weighted by atomic mass is 10.3. The van der Waals surface area contributed by atoms with Gasteiger partial charge < -0.3 is 0 Å². The molecule has 1 aliphatic heterocycles. The SMILES string of the molecule is CC1=CCP(C(C)C)C1. The molecule has 1 atom stereocenters. The Morgan fingerprint density at radius 3 is 2.44 bits per heavy atom. The van der Waals surface area contributed by atoms with Gasteiger partial charge in [0.25, 0.3) is 0 Å². The van der Waals surface area contributed by atoms with E-state index in [9.17, 15) is 0 Å². The van der Waals surface area contributed by atoms with Gasteiger partial charge in [0.05, 0.1) is 0 Å². The highest BCUT2D eigenvalue weighted by Crippen LogP contribution is 2.46. The highest BCUT2D eigenvalue weighted by atomic mass is 31.1. The lowest BCUT2D eigenvalue weighted by Gasteiger charge is -2.13. The molecule has 0 fully saturated rings. The Kier molecular flexibility index (Phi) is 2.29. The van der Waals surface area contributed by atoms with E-state index in [-0.39, 0.29) is 0 Å². The normalized spacial score (nSPS) is 27.1. The molecule has 9 heavy (non-hydrogen) atoms. The Balaban J connectivity index is 2.37. The van der Waals surface area contributed by atoms with Crippen molar-refractivity contribution in [2.45, 2.75) is 26.4 Å². The van der Waals surface area contributed by atoms with Crippen molar-refractivity contribution in [1.29, 1.82) is 0 Å². The monoisotopic (exact) mass is 142 g/mol. The Hall–Kier alpha value is 0.170. The van der Waals surface area contributed by atoms with Gasteiger partial charge in [-0.15, -0.1) is 0 Å². The van der Waals surface area contributed by atoms with Crippen LogP contribution in [0.4, 0.5) is 0 Å². The molecule has 0 N–H and O–H groups in total. The van der Waals surface area contributed by atoms with Crippen LogP contribution in [0.1, 0.15) is 20.8 Å². The topological polar surface area (TPSA) is 0 Å². The molecule has 1 aliphatic rings. The predicted octanol–water partition coefficient (Wildman–Crippen LogP) is 2.84. The van der Waals surface area contributed by atoms with Crippen LogP contribution in [-0.2, 0) is 0 Å². The molecule has 0 aromatic heterocycles. The van der Waals surface area contributed by atoms with Crippen molar-refractivity contribution in [3.63, 3.8) is 0 Å². The maximum atomic E-state index is 2.41. The molecule has 0 bridgehead atoms. The molecule has 0 saturated heterocycles. The summed E-state index contributed by atoms with van der Waals surface area (Å²) < 4.78 is 0. The van der Waals surface area contributed by atoms with Crippen molar-refractivity contribution >= 4 is 7.92 Å². The van der Waals surface area contributed by atoms with E-state index < -0.39 is 0 Å². The van der Waals surface area contributed by atoms with Crippen LogP contribution in [0.3, 0.4) is 0 Å². The van der Waals surface area contributed by atoms with Crippen LogP contribution in [0.2, 0.25) is 0 Å². The molecule has 52 valence electrons. The van der Waals surface area contributed by atoms with Gasteiger partial charge in [0.2, 0.25) is 0 Å². The zero-order chi connectivity index (χ0) is 6.85. The van der Waals surface area contributed by atoms with Crippen molar-refractivity contribution in [2.75, 3.05) is 12.3 Å². The van der Waals surface area contributed by atoms with Crippen LogP contribution >= 0.6 is 7.92 Å². The third kappa shape index (κ3) is 1.79. The van der Waals surface area contributed by atoms with E-state index in [1.807, 2.05) is 0 Å². The molecule has 1 rings (SSSR count). The van der Waals surface area contributed by atoms with Gasteiger partial charge >= 0.3 is 0 Å². The summed E-state index contributed by atoms with van der Waals surface area (Å²) in [5.41, 5.74) is 2.56. The van der Waals surface area contributed by atoms with Crippen molar-refractivity contribution in [3.8, 4) is 0 Å². The smallest absolute Gasteiger partial charge is 0.0112 e. The van der Waals surface area contributed by atoms with Gasteiger partial charge in [0.15, 0.2) is 0 Å². The average molecular weight is 142 g/mol. The second kappa shape index (κ2) is 2.84. The fraction of sp³-hybridized carbons (Fsp3) is 0.750. The molecule has 0 aromatic rings. The highest BCUT2D eigenvalue weighted by molar-refractivity contribution is 7.59. The van der Waals surface area contributed by atoms with Gasteiger partial charge in [0, 0.05) is 0 Å². The highest BCUT2D eigenvalue weighted by Gasteiger charge is 2.15. The Morgan fingerprint density at radius 1 is 1.56 bits per heavy atom. The van der Waals surface area contributed by atoms with Gasteiger partial charge in [0.1, 0.15) is 0 Å². The second-order valence-electron chi connectivity index (χ2n) is 3.07. The zero-order valence-corrected chi connectivity index (χ0v) is 7.41. The van der Waals surface area contributed by atoms with Crippen molar-refractivity contribution < 1.29 is 0 Å². The van der Waals surface area contributed by atoms with Gasteiger partial charge in [-0.25, -0.2) is 0 Å². The molecule has 1 heteroatoms. The third-order valence-electron chi connectivity index (χ3n) is 1.86. The Labute approximate surface area is 59.1 Å². The Bertz CT molecular complexity index is 125. The lowest BCUT2D eigenvalue weighted by Crippen LogP contribution is -1.94. The zero-order valence-electron chi connectivity index (χ0n) is 6.52. The molecule has 0 saturated carbocycles. The van der Waals surface area contributed by atoms with E-state index in [4.69, 9.17) is 0 Å². The largest absolute Gasteiger partial charge is 0.0961 e. The molecule has 0 spiro atoms. The van der Waals surface area contributed by atoms with Gasteiger partial charge in [-0.3, -0.25) is 0 Å². The summed E-state index contributed by atoms with van der Waals surface area (Å²) in [5.74, 6) is 0. The maximum absolute atomic E-state index is 2.41. The van der Waals surface area contributed by atoms with E-state index in [0.29, 0.717) is 7.92 Å². The van der Waals surface area contributed by atoms with Crippen LogP contribution in [0, 0.1) is 0 Å². The van der Waals surface area contributed by atoms with Crippen molar-refractivity contribution in [3.05, 3.63) is 11.6 Å². The van der Waals surface area contributed by atoms with Gasteiger partial charge in [-0.2, -0.15) is 0 Å². The first kappa shape index (κ1) is 7.28. The van der Waals surface area contributed by atoms with E-state index in [1.54, 1.807) is 5.57 Å². The first-order valence-corrected chi connectivity index (χ1v) is 5.38. The van der Waals surface area contributed by atoms with E-state index >= 15 is 0 Å². The van der Waals surface area contributed by atoms with Crippen LogP contribution in [0.15, 0.2) is 11.6 Å². The molecule has 0 aliphatic carbocycles. The standard InChI is InChI=1S/C8H15P/c1-7(2)9-5-4-8(3)6-9/h4,7H,5-6H2,1-3H3. The number of hydrogen-bond acceptors (Lipinski definition) is 0. The van der Waals surface area contributed by atoms with Crippen LogP contribution in [-0.4, -0.2) is 18.0 Å². The van der Waals surface area contributed by atoms with Gasteiger partial charge in [-0.05, 0) is 24.9 Å². The predicted molar refractivity (Wildman–Crippen MR) is 45.5 cm³/mol. The molecule has 0 amide bonds. The summed E-state index contributed by atoms with van der Waals surface area (Å²) >= 11 is 0. The van der Waals surface area contributed by atoms with Crippen LogP contribution in [0.5, 0.6) is 0 Å². The minimum absolute atomic E-state index is 0.364. The quantitative estimate of drug-likeness (QED) is 0.390. The first-order chi connectivity index (χ1) is 4.20. The fourth-order valence-corrected chi connectivity index (χ4v) is 3.35. The minimum Gasteiger partial charge on any atom is -0.0961 e. The fourth-order valence-electron chi connectivity index (χ4n) is 1.12. The molecular formula is C8H15P. The molecule has 0 nitrogen and oxygen atoms in total. The molecular weight excluding hydrogens is 127 g/mol. The second-order valence-corrected chi connectivity index (χ2v) is 5.97. The number of rotatable bonds is 1. The molecule has 0 aromatic carbocycles. The van der Waals surface area contributed by atoms with Crippen LogP contribution in [0.25, 0.3) is 0 Å². The number of allylic oxidation sites excluding steroid dienone is 2. The summed E-state index contributed by atoms with van der Waals surface area (Å²) in [6.07, 6.45) is 5.21. The Morgan fingerprint density at radius 2 is 2.22 bits per heavy atom. The molecule has 1 unspecified atom stereocenters. The summed E-state index contributed by atoms with van der Waals surface area (Å²) in [5, 5.41) is 0. The summed E-state index contributed by atoms with van der Waals surface area (Å²) in [4.78, 5) is 0. The summed E-state index contributed by atoms with van der Waals surface area (Å²) in [7, 11) is 0.364. The first-order valence-electron chi connectivity index (χ1n) is 3.60. The van der Waals surface area contributed by atoms with E-state index in [2.05, 4.69) is 26.8 Å². The van der Waals surface area contributed by atoms with E-state index in [1.165, 1.54) is 12.3 Å². The third-order valence-corrected chi connectivity index (χ3v) is 4.87. The molecule has 0 radical (unpaired) electrons. The molecule has 1 heterocycles. The van der Waals surface area contributed by atoms with Gasteiger partial charge in [-0.1, -0.05) is 33.4 Å². The van der Waals surface area contributed by atoms with Crippen molar-refractivity contribution in [2.24, 2.45) is 0 Å². The van der Waals surface area contributed by atoms with E-state index in [0.717, 1.165) is 5.66 Å². The van der Waals surface area contributed by atoms with Crippen LogP contribution < -0.4 is 0 Å². The summed E-state index contributed by atoms with van der Waals surface area (Å²) in [6, 6.07) is 0. The lowest BCUT2D eigenvalue weighted by molar-refractivity contribution is 1.09. The van der Waals surface area contributed by atoms with Crippen molar-refractivity contribution in [1.82, 2.24) is 0 Å². The maximum Gasteiger partial charge on any atom is -0.0112 e.